The maximum Gasteiger partial charge on any atom is 0.238 e. The Morgan fingerprint density at radius 2 is 1.63 bits per heavy atom. The molecule has 0 radical (unpaired) electrons. The molecule has 1 amide bonds. The number of carbonyl (C=O) groups excluding carboxylic acids is 1. The number of ether oxygens (including phenoxy) is 2. The van der Waals surface area contributed by atoms with E-state index < -0.39 is 11.6 Å². The van der Waals surface area contributed by atoms with E-state index in [1.165, 1.54) is 5.56 Å². The van der Waals surface area contributed by atoms with Crippen molar-refractivity contribution in [1.82, 2.24) is 9.80 Å². The summed E-state index contributed by atoms with van der Waals surface area (Å²) in [5.74, 6) is -0.184. The molecule has 1 fully saturated rings. The number of benzene rings is 2. The predicted octanol–water partition coefficient (Wildman–Crippen LogP) is 3.05. The average Bonchev–Trinajstić information content (AvgIpc) is 2.73. The molecule has 1 saturated heterocycles. The van der Waals surface area contributed by atoms with E-state index in [0.29, 0.717) is 24.6 Å². The van der Waals surface area contributed by atoms with E-state index in [9.17, 15) is 13.6 Å². The van der Waals surface area contributed by atoms with Crippen LogP contribution in [0.25, 0.3) is 0 Å². The Kier molecular flexibility index (Phi) is 7.23. The Bertz CT molecular complexity index is 899. The molecule has 2 aromatic rings. The van der Waals surface area contributed by atoms with Crippen LogP contribution >= 0.6 is 0 Å². The number of nitrogens with one attached hydrogen (secondary N) is 1. The van der Waals surface area contributed by atoms with E-state index in [0.717, 1.165) is 43.4 Å². The summed E-state index contributed by atoms with van der Waals surface area (Å²) < 4.78 is 37.7. The van der Waals surface area contributed by atoms with E-state index >= 15 is 0 Å². The molecule has 0 atom stereocenters. The van der Waals surface area contributed by atoms with Crippen LogP contribution in [0.3, 0.4) is 0 Å². The summed E-state index contributed by atoms with van der Waals surface area (Å²) in [6.07, 6.45) is 0. The molecule has 1 aliphatic rings. The van der Waals surface area contributed by atoms with Crippen LogP contribution in [0.5, 0.6) is 11.5 Å². The molecule has 0 bridgehead atoms. The average molecular weight is 419 g/mol. The highest BCUT2D eigenvalue weighted by molar-refractivity contribution is 5.92. The molecular formula is C22H27F2N3O3. The van der Waals surface area contributed by atoms with Crippen molar-refractivity contribution >= 4 is 11.6 Å². The van der Waals surface area contributed by atoms with Crippen LogP contribution in [0.1, 0.15) is 11.1 Å². The van der Waals surface area contributed by atoms with Crippen LogP contribution in [0, 0.1) is 18.6 Å². The van der Waals surface area contributed by atoms with Gasteiger partial charge in [0.05, 0.1) is 26.5 Å². The Labute approximate surface area is 175 Å². The molecule has 30 heavy (non-hydrogen) atoms. The van der Waals surface area contributed by atoms with Gasteiger partial charge in [0, 0.05) is 38.8 Å². The van der Waals surface area contributed by atoms with E-state index in [-0.39, 0.29) is 18.1 Å². The fourth-order valence-corrected chi connectivity index (χ4v) is 3.53. The lowest BCUT2D eigenvalue weighted by atomic mass is 10.1. The quantitative estimate of drug-likeness (QED) is 0.748. The van der Waals surface area contributed by atoms with Crippen molar-refractivity contribution in [2.75, 3.05) is 52.3 Å². The topological polar surface area (TPSA) is 54.0 Å². The molecule has 0 aromatic heterocycles. The number of piperazine rings is 1. The van der Waals surface area contributed by atoms with Gasteiger partial charge >= 0.3 is 0 Å². The van der Waals surface area contributed by atoms with Gasteiger partial charge in [0.15, 0.2) is 11.5 Å². The summed E-state index contributed by atoms with van der Waals surface area (Å²) in [6.45, 7) is 5.99. The fourth-order valence-electron chi connectivity index (χ4n) is 3.53. The zero-order chi connectivity index (χ0) is 21.7. The Morgan fingerprint density at radius 3 is 2.30 bits per heavy atom. The lowest BCUT2D eigenvalue weighted by Crippen LogP contribution is -2.48. The molecule has 3 rings (SSSR count). The smallest absolute Gasteiger partial charge is 0.238 e. The van der Waals surface area contributed by atoms with Crippen molar-refractivity contribution in [2.24, 2.45) is 0 Å². The van der Waals surface area contributed by atoms with E-state index in [2.05, 4.69) is 10.2 Å². The lowest BCUT2D eigenvalue weighted by Gasteiger charge is -2.34. The number of aryl methyl sites for hydroxylation is 1. The highest BCUT2D eigenvalue weighted by Gasteiger charge is 2.21. The van der Waals surface area contributed by atoms with Crippen LogP contribution < -0.4 is 14.8 Å². The van der Waals surface area contributed by atoms with Gasteiger partial charge in [-0.3, -0.25) is 14.6 Å². The molecule has 6 nitrogen and oxygen atoms in total. The number of carbonyl (C=O) groups is 1. The monoisotopic (exact) mass is 419 g/mol. The second-order valence-corrected chi connectivity index (χ2v) is 7.36. The predicted molar refractivity (Wildman–Crippen MR) is 111 cm³/mol. The molecule has 0 spiro atoms. The highest BCUT2D eigenvalue weighted by Crippen LogP contribution is 2.31. The van der Waals surface area contributed by atoms with Crippen molar-refractivity contribution in [3.8, 4) is 11.5 Å². The summed E-state index contributed by atoms with van der Waals surface area (Å²) in [5.41, 5.74) is 2.16. The number of amides is 1. The first-order chi connectivity index (χ1) is 14.4. The lowest BCUT2D eigenvalue weighted by molar-refractivity contribution is -0.117. The molecule has 1 N–H and O–H groups in total. The van der Waals surface area contributed by atoms with Crippen molar-refractivity contribution in [3.05, 3.63) is 53.1 Å². The Morgan fingerprint density at radius 1 is 1.00 bits per heavy atom. The third kappa shape index (κ3) is 5.46. The third-order valence-corrected chi connectivity index (χ3v) is 5.27. The number of anilines is 1. The number of hydrogen-bond acceptors (Lipinski definition) is 5. The normalized spacial score (nSPS) is 15.1. The minimum absolute atomic E-state index is 0.137. The van der Waals surface area contributed by atoms with Gasteiger partial charge in [-0.05, 0) is 42.3 Å². The van der Waals surface area contributed by atoms with Crippen LogP contribution in [-0.2, 0) is 11.3 Å². The zero-order valence-electron chi connectivity index (χ0n) is 17.5. The summed E-state index contributed by atoms with van der Waals surface area (Å²) in [7, 11) is 3.24. The maximum atomic E-state index is 13.7. The number of nitrogens with zero attached hydrogens (tertiary/aromatic N) is 2. The van der Waals surface area contributed by atoms with Crippen LogP contribution in [0.15, 0.2) is 30.3 Å². The Hall–Kier alpha value is -2.71. The molecule has 2 aromatic carbocycles. The summed E-state index contributed by atoms with van der Waals surface area (Å²) in [5, 5.41) is 2.45. The number of halogens is 2. The first-order valence-corrected chi connectivity index (χ1v) is 9.80. The summed E-state index contributed by atoms with van der Waals surface area (Å²) >= 11 is 0. The SMILES string of the molecule is COc1cc(C)c(CN2CCN(CC(=O)Nc3cc(F)ccc3F)CC2)cc1OC. The Balaban J connectivity index is 1.51. The molecule has 162 valence electrons. The molecule has 0 unspecified atom stereocenters. The van der Waals surface area contributed by atoms with Crippen LogP contribution in [0.4, 0.5) is 14.5 Å². The van der Waals surface area contributed by atoms with Gasteiger partial charge in [0.25, 0.3) is 0 Å². The van der Waals surface area contributed by atoms with Crippen molar-refractivity contribution in [1.29, 1.82) is 0 Å². The second kappa shape index (κ2) is 9.86. The molecule has 0 aliphatic carbocycles. The van der Waals surface area contributed by atoms with Gasteiger partial charge < -0.3 is 14.8 Å². The summed E-state index contributed by atoms with van der Waals surface area (Å²) in [4.78, 5) is 16.5. The van der Waals surface area contributed by atoms with Gasteiger partial charge in [-0.15, -0.1) is 0 Å². The van der Waals surface area contributed by atoms with E-state index in [1.54, 1.807) is 14.2 Å². The second-order valence-electron chi connectivity index (χ2n) is 7.36. The largest absolute Gasteiger partial charge is 0.493 e. The molecule has 8 heteroatoms. The minimum Gasteiger partial charge on any atom is -0.493 e. The fraction of sp³-hybridized carbons (Fsp3) is 0.409. The van der Waals surface area contributed by atoms with Crippen LogP contribution in [0.2, 0.25) is 0 Å². The minimum atomic E-state index is -0.653. The van der Waals surface area contributed by atoms with Crippen molar-refractivity contribution < 1.29 is 23.0 Å². The van der Waals surface area contributed by atoms with Gasteiger partial charge in [-0.1, -0.05) is 0 Å². The molecule has 0 saturated carbocycles. The molecular weight excluding hydrogens is 392 g/mol. The zero-order valence-corrected chi connectivity index (χ0v) is 17.5. The number of rotatable bonds is 7. The van der Waals surface area contributed by atoms with Gasteiger partial charge in [-0.2, -0.15) is 0 Å². The van der Waals surface area contributed by atoms with Crippen molar-refractivity contribution in [3.63, 3.8) is 0 Å². The maximum absolute atomic E-state index is 13.7. The van der Waals surface area contributed by atoms with Gasteiger partial charge in [-0.25, -0.2) is 8.78 Å². The number of methoxy groups -OCH3 is 2. The van der Waals surface area contributed by atoms with Gasteiger partial charge in [0.2, 0.25) is 5.91 Å². The van der Waals surface area contributed by atoms with Crippen molar-refractivity contribution in [2.45, 2.75) is 13.5 Å². The van der Waals surface area contributed by atoms with Gasteiger partial charge in [0.1, 0.15) is 11.6 Å². The van der Waals surface area contributed by atoms with E-state index in [4.69, 9.17) is 9.47 Å². The third-order valence-electron chi connectivity index (χ3n) is 5.27. The standard InChI is InChI=1S/C22H27F2N3O3/c1-15-10-20(29-2)21(30-3)11-16(15)13-26-6-8-27(9-7-26)14-22(28)25-19-12-17(23)4-5-18(19)24/h4-5,10-12H,6-9,13-14H2,1-3H3,(H,25,28). The molecule has 1 heterocycles. The molecule has 1 aliphatic heterocycles. The van der Waals surface area contributed by atoms with Crippen LogP contribution in [-0.4, -0.2) is 62.7 Å². The summed E-state index contributed by atoms with van der Waals surface area (Å²) in [6, 6.07) is 6.97. The van der Waals surface area contributed by atoms with E-state index in [1.807, 2.05) is 24.0 Å². The first-order valence-electron chi connectivity index (χ1n) is 9.80. The highest BCUT2D eigenvalue weighted by atomic mass is 19.1. The first kappa shape index (κ1) is 22.0. The number of hydrogen-bond donors (Lipinski definition) is 1.